The van der Waals surface area contributed by atoms with Crippen LogP contribution in [0.4, 0.5) is 5.69 Å². The van der Waals surface area contributed by atoms with E-state index in [1.807, 2.05) is 0 Å². The Morgan fingerprint density at radius 3 is 2.81 bits per heavy atom. The van der Waals surface area contributed by atoms with Crippen molar-refractivity contribution in [3.63, 3.8) is 0 Å². The monoisotopic (exact) mass is 372 g/mol. The van der Waals surface area contributed by atoms with Crippen LogP contribution < -0.4 is 5.32 Å². The van der Waals surface area contributed by atoms with Gasteiger partial charge in [0.1, 0.15) is 0 Å². The number of fused-ring (bicyclic) bond motifs is 1. The second kappa shape index (κ2) is 6.62. The fraction of sp³-hybridized carbons (Fsp3) is 0.571. The van der Waals surface area contributed by atoms with Crippen molar-refractivity contribution in [3.05, 3.63) is 41.1 Å². The molecule has 3 heterocycles. The summed E-state index contributed by atoms with van der Waals surface area (Å²) in [5, 5.41) is 15.6. The Morgan fingerprint density at radius 1 is 1.30 bits per heavy atom. The topological polar surface area (TPSA) is 82.0 Å². The van der Waals surface area contributed by atoms with Crippen LogP contribution in [0.15, 0.2) is 35.5 Å². The summed E-state index contributed by atoms with van der Waals surface area (Å²) in [5.74, 6) is -0.148. The standard InChI is InChI=1S/C21H26N2O2.H2O2/c1-3-20-9-6-11-23-12-10-21(19(20)23)15-7-4-5-8-16(15)22-17(21)14(13-20)18(24)25-2;1-2/h4-5,7-8,19,22H,3,6,9-13H2,1-2H3;1-2H/t19-,20-,21-;/m0./s1. The lowest BCUT2D eigenvalue weighted by Crippen LogP contribution is -2.59. The van der Waals surface area contributed by atoms with Crippen molar-refractivity contribution in [3.8, 4) is 0 Å². The first-order valence-corrected chi connectivity index (χ1v) is 9.79. The van der Waals surface area contributed by atoms with Gasteiger partial charge in [0, 0.05) is 17.4 Å². The third kappa shape index (κ3) is 2.27. The fourth-order valence-electron chi connectivity index (χ4n) is 6.49. The molecule has 0 unspecified atom stereocenters. The Labute approximate surface area is 159 Å². The van der Waals surface area contributed by atoms with E-state index in [0.29, 0.717) is 6.04 Å². The quantitative estimate of drug-likeness (QED) is 0.419. The number of carbonyl (C=O) groups excluding carboxylic acids is 1. The van der Waals surface area contributed by atoms with E-state index in [9.17, 15) is 4.79 Å². The summed E-state index contributed by atoms with van der Waals surface area (Å²) in [6.07, 6.45) is 5.50. The van der Waals surface area contributed by atoms with Crippen LogP contribution >= 0.6 is 0 Å². The lowest BCUT2D eigenvalue weighted by atomic mass is 9.53. The van der Waals surface area contributed by atoms with E-state index in [1.54, 1.807) is 0 Å². The highest BCUT2D eigenvalue weighted by molar-refractivity contribution is 5.93. The predicted octanol–water partition coefficient (Wildman–Crippen LogP) is 3.46. The van der Waals surface area contributed by atoms with Crippen molar-refractivity contribution in [1.29, 1.82) is 0 Å². The maximum atomic E-state index is 12.7. The minimum atomic E-state index is -0.148. The van der Waals surface area contributed by atoms with Gasteiger partial charge < -0.3 is 10.1 Å². The molecule has 0 aromatic heterocycles. The van der Waals surface area contributed by atoms with E-state index in [0.717, 1.165) is 37.1 Å². The number of anilines is 1. The second-order valence-corrected chi connectivity index (χ2v) is 8.17. The first-order valence-electron chi connectivity index (χ1n) is 9.79. The zero-order chi connectivity index (χ0) is 19.2. The SMILES string of the molecule is CC[C@]12CCCN3CC[C@]4(C(=C(C(=O)OC)C1)Nc1ccccc14)[C@@H]32.OO. The number of rotatable bonds is 2. The third-order valence-corrected chi connectivity index (χ3v) is 7.41. The number of para-hydroxylation sites is 1. The first-order chi connectivity index (χ1) is 13.2. The average molecular weight is 372 g/mol. The summed E-state index contributed by atoms with van der Waals surface area (Å²) in [4.78, 5) is 15.4. The lowest BCUT2D eigenvalue weighted by molar-refractivity contribution is -0.176. The summed E-state index contributed by atoms with van der Waals surface area (Å²) < 4.78 is 5.22. The van der Waals surface area contributed by atoms with Crippen LogP contribution in [0.1, 0.15) is 44.6 Å². The molecule has 0 bridgehead atoms. The van der Waals surface area contributed by atoms with E-state index in [1.165, 1.54) is 37.7 Å². The van der Waals surface area contributed by atoms with Gasteiger partial charge in [-0.1, -0.05) is 25.1 Å². The molecule has 1 aliphatic carbocycles. The molecular formula is C21H28N2O4. The maximum Gasteiger partial charge on any atom is 0.335 e. The number of hydrogen-bond acceptors (Lipinski definition) is 6. The zero-order valence-electron chi connectivity index (χ0n) is 16.0. The van der Waals surface area contributed by atoms with E-state index >= 15 is 0 Å². The Balaban J connectivity index is 0.000000872. The van der Waals surface area contributed by atoms with Crippen molar-refractivity contribution in [2.24, 2.45) is 5.41 Å². The minimum Gasteiger partial charge on any atom is -0.466 e. The molecule has 0 saturated carbocycles. The Hall–Kier alpha value is -1.89. The number of piperidine rings is 1. The van der Waals surface area contributed by atoms with Crippen molar-refractivity contribution >= 4 is 11.7 Å². The first kappa shape index (κ1) is 18.5. The molecule has 6 nitrogen and oxygen atoms in total. The fourth-order valence-corrected chi connectivity index (χ4v) is 6.49. The minimum absolute atomic E-state index is 0.0607. The summed E-state index contributed by atoms with van der Waals surface area (Å²) >= 11 is 0. The van der Waals surface area contributed by atoms with Gasteiger partial charge >= 0.3 is 5.97 Å². The van der Waals surface area contributed by atoms with Crippen molar-refractivity contribution in [2.75, 3.05) is 25.5 Å². The molecule has 6 heteroatoms. The van der Waals surface area contributed by atoms with E-state index in [-0.39, 0.29) is 16.8 Å². The third-order valence-electron chi connectivity index (χ3n) is 7.41. The molecule has 146 valence electrons. The van der Waals surface area contributed by atoms with Crippen LogP contribution in [0.25, 0.3) is 0 Å². The molecular weight excluding hydrogens is 344 g/mol. The predicted molar refractivity (Wildman–Crippen MR) is 103 cm³/mol. The zero-order valence-corrected chi connectivity index (χ0v) is 16.0. The van der Waals surface area contributed by atoms with Crippen LogP contribution in [0.5, 0.6) is 0 Å². The molecule has 3 atom stereocenters. The summed E-state index contributed by atoms with van der Waals surface area (Å²) in [7, 11) is 1.51. The van der Waals surface area contributed by atoms with E-state index in [2.05, 4.69) is 41.4 Å². The van der Waals surface area contributed by atoms with Crippen LogP contribution in [0.2, 0.25) is 0 Å². The Morgan fingerprint density at radius 2 is 2.07 bits per heavy atom. The summed E-state index contributed by atoms with van der Waals surface area (Å²) in [5.41, 5.74) is 4.71. The normalized spacial score (nSPS) is 33.3. The van der Waals surface area contributed by atoms with E-state index in [4.69, 9.17) is 15.3 Å². The molecule has 5 rings (SSSR count). The smallest absolute Gasteiger partial charge is 0.335 e. The summed E-state index contributed by atoms with van der Waals surface area (Å²) in [6, 6.07) is 9.15. The van der Waals surface area contributed by atoms with Gasteiger partial charge in [-0.05, 0) is 62.2 Å². The van der Waals surface area contributed by atoms with Gasteiger partial charge in [-0.15, -0.1) is 0 Å². The lowest BCUT2D eigenvalue weighted by Gasteiger charge is -2.56. The Kier molecular flexibility index (Phi) is 4.53. The molecule has 0 amide bonds. The number of nitrogens with one attached hydrogen (secondary N) is 1. The van der Waals surface area contributed by atoms with Crippen LogP contribution in [0.3, 0.4) is 0 Å². The maximum absolute atomic E-state index is 12.7. The molecule has 1 aromatic rings. The van der Waals surface area contributed by atoms with Gasteiger partial charge in [0.05, 0.1) is 18.1 Å². The molecule has 2 saturated heterocycles. The highest BCUT2D eigenvalue weighted by atomic mass is 17.0. The molecule has 2 fully saturated rings. The van der Waals surface area contributed by atoms with Gasteiger partial charge in [-0.2, -0.15) is 0 Å². The van der Waals surface area contributed by atoms with Gasteiger partial charge in [0.25, 0.3) is 0 Å². The van der Waals surface area contributed by atoms with Crippen LogP contribution in [-0.4, -0.2) is 47.6 Å². The van der Waals surface area contributed by atoms with Crippen molar-refractivity contribution in [1.82, 2.24) is 4.90 Å². The van der Waals surface area contributed by atoms with Gasteiger partial charge in [0.15, 0.2) is 0 Å². The average Bonchev–Trinajstić information content (AvgIpc) is 3.29. The van der Waals surface area contributed by atoms with Crippen molar-refractivity contribution in [2.45, 2.75) is 50.5 Å². The largest absolute Gasteiger partial charge is 0.466 e. The molecule has 3 aliphatic heterocycles. The molecule has 27 heavy (non-hydrogen) atoms. The van der Waals surface area contributed by atoms with Gasteiger partial charge in [-0.25, -0.2) is 4.79 Å². The van der Waals surface area contributed by atoms with E-state index < -0.39 is 0 Å². The van der Waals surface area contributed by atoms with Crippen molar-refractivity contribution < 1.29 is 20.0 Å². The molecule has 1 spiro atoms. The Bertz CT molecular complexity index is 792. The molecule has 1 aromatic carbocycles. The second-order valence-electron chi connectivity index (χ2n) is 8.17. The highest BCUT2D eigenvalue weighted by Crippen LogP contribution is 2.65. The summed E-state index contributed by atoms with van der Waals surface area (Å²) in [6.45, 7) is 4.63. The number of ether oxygens (including phenoxy) is 1. The number of esters is 1. The number of hydrogen-bond donors (Lipinski definition) is 3. The van der Waals surface area contributed by atoms with Crippen LogP contribution in [-0.2, 0) is 14.9 Å². The molecule has 3 N–H and O–H groups in total. The number of nitrogens with zero attached hydrogens (tertiary/aromatic N) is 1. The number of carbonyl (C=O) groups is 1. The molecule has 0 radical (unpaired) electrons. The number of benzene rings is 1. The number of methoxy groups -OCH3 is 1. The highest BCUT2D eigenvalue weighted by Gasteiger charge is 2.65. The van der Waals surface area contributed by atoms with Gasteiger partial charge in [0.2, 0.25) is 0 Å². The van der Waals surface area contributed by atoms with Gasteiger partial charge in [-0.3, -0.25) is 15.4 Å². The van der Waals surface area contributed by atoms with Crippen LogP contribution in [0, 0.1) is 5.41 Å². The molecule has 4 aliphatic rings.